The Balaban J connectivity index is 2.00. The van der Waals surface area contributed by atoms with E-state index in [4.69, 9.17) is 9.47 Å². The minimum atomic E-state index is -0.263. The first kappa shape index (κ1) is 23.0. The third-order valence-corrected chi connectivity index (χ3v) is 4.46. The van der Waals surface area contributed by atoms with Gasteiger partial charge in [-0.15, -0.1) is 0 Å². The summed E-state index contributed by atoms with van der Waals surface area (Å²) in [5.41, 5.74) is 0.511. The van der Waals surface area contributed by atoms with Crippen LogP contribution in [-0.4, -0.2) is 32.1 Å². The van der Waals surface area contributed by atoms with Gasteiger partial charge in [0.05, 0.1) is 20.1 Å². The predicted octanol–water partition coefficient (Wildman–Crippen LogP) is 4.89. The van der Waals surface area contributed by atoms with Gasteiger partial charge >= 0.3 is 5.97 Å². The average molecular weight is 378 g/mol. The summed E-state index contributed by atoms with van der Waals surface area (Å²) < 4.78 is 10.3. The normalized spacial score (nSPS) is 10.4. The quantitative estimate of drug-likeness (QED) is 0.349. The van der Waals surface area contributed by atoms with Gasteiger partial charge in [0, 0.05) is 12.1 Å². The van der Waals surface area contributed by atoms with Crippen molar-refractivity contribution < 1.29 is 19.1 Å². The molecule has 1 aromatic carbocycles. The zero-order valence-electron chi connectivity index (χ0n) is 16.9. The van der Waals surface area contributed by atoms with E-state index in [0.717, 1.165) is 12.8 Å². The van der Waals surface area contributed by atoms with Crippen LogP contribution < -0.4 is 10.1 Å². The smallest absolute Gasteiger partial charge is 0.307 e. The van der Waals surface area contributed by atoms with Crippen LogP contribution in [0.1, 0.15) is 81.5 Å². The van der Waals surface area contributed by atoms with E-state index in [1.807, 2.05) is 0 Å². The highest BCUT2D eigenvalue weighted by Crippen LogP contribution is 2.12. The van der Waals surface area contributed by atoms with Crippen LogP contribution in [0.4, 0.5) is 0 Å². The van der Waals surface area contributed by atoms with Crippen LogP contribution in [0.5, 0.6) is 5.75 Å². The van der Waals surface area contributed by atoms with Gasteiger partial charge in [0.2, 0.25) is 0 Å². The molecule has 0 saturated carbocycles. The summed E-state index contributed by atoms with van der Waals surface area (Å²) >= 11 is 0. The molecule has 0 unspecified atom stereocenters. The number of hydrogen-bond acceptors (Lipinski definition) is 4. The monoisotopic (exact) mass is 377 g/mol. The molecule has 5 nitrogen and oxygen atoms in total. The molecule has 1 aromatic rings. The summed E-state index contributed by atoms with van der Waals surface area (Å²) in [6.45, 7) is 2.97. The van der Waals surface area contributed by atoms with Crippen LogP contribution in [0.2, 0.25) is 0 Å². The van der Waals surface area contributed by atoms with E-state index in [1.54, 1.807) is 31.4 Å². The Hall–Kier alpha value is -2.04. The van der Waals surface area contributed by atoms with E-state index < -0.39 is 0 Å². The summed E-state index contributed by atoms with van der Waals surface area (Å²) in [6.07, 6.45) is 11.3. The van der Waals surface area contributed by atoms with E-state index in [9.17, 15) is 9.59 Å². The number of benzene rings is 1. The zero-order chi connectivity index (χ0) is 19.7. The molecule has 1 N–H and O–H groups in total. The Bertz CT molecular complexity index is 545. The lowest BCUT2D eigenvalue weighted by Gasteiger charge is -2.07. The van der Waals surface area contributed by atoms with E-state index in [1.165, 1.54) is 44.9 Å². The van der Waals surface area contributed by atoms with Gasteiger partial charge < -0.3 is 14.8 Å². The average Bonchev–Trinajstić information content (AvgIpc) is 2.69. The Morgan fingerprint density at radius 3 is 2.30 bits per heavy atom. The lowest BCUT2D eigenvalue weighted by molar-refractivity contribution is -0.143. The molecule has 152 valence electrons. The third-order valence-electron chi connectivity index (χ3n) is 4.46. The number of nitrogens with one attached hydrogen (secondary N) is 1. The molecule has 0 atom stereocenters. The maximum atomic E-state index is 12.0. The van der Waals surface area contributed by atoms with Crippen molar-refractivity contribution in [1.82, 2.24) is 5.32 Å². The second kappa shape index (κ2) is 15.1. The number of carbonyl (C=O) groups excluding carboxylic acids is 2. The highest BCUT2D eigenvalue weighted by atomic mass is 16.5. The van der Waals surface area contributed by atoms with Crippen LogP contribution in [0, 0.1) is 0 Å². The van der Waals surface area contributed by atoms with Gasteiger partial charge in [-0.1, -0.05) is 64.4 Å². The molecule has 5 heteroatoms. The number of methoxy groups -OCH3 is 1. The van der Waals surface area contributed by atoms with Crippen molar-refractivity contribution in [2.75, 3.05) is 20.3 Å². The highest BCUT2D eigenvalue weighted by molar-refractivity contribution is 5.94. The molecule has 0 aliphatic carbocycles. The minimum Gasteiger partial charge on any atom is -0.497 e. The number of amides is 1. The first-order valence-corrected chi connectivity index (χ1v) is 10.2. The van der Waals surface area contributed by atoms with E-state index in [-0.39, 0.29) is 24.8 Å². The second-order valence-corrected chi connectivity index (χ2v) is 6.79. The molecule has 0 fully saturated rings. The number of unbranched alkanes of at least 4 members (excludes halogenated alkanes) is 8. The highest BCUT2D eigenvalue weighted by Gasteiger charge is 2.08. The first-order valence-electron chi connectivity index (χ1n) is 10.2. The second-order valence-electron chi connectivity index (χ2n) is 6.79. The van der Waals surface area contributed by atoms with E-state index in [0.29, 0.717) is 17.9 Å². The lowest BCUT2D eigenvalue weighted by atomic mass is 10.1. The van der Waals surface area contributed by atoms with Gasteiger partial charge in [0.15, 0.2) is 0 Å². The molecule has 0 saturated heterocycles. The number of hydrogen-bond donors (Lipinski definition) is 1. The molecule has 1 amide bonds. The van der Waals surface area contributed by atoms with Gasteiger partial charge in [-0.2, -0.15) is 0 Å². The van der Waals surface area contributed by atoms with Crippen LogP contribution in [0.25, 0.3) is 0 Å². The van der Waals surface area contributed by atoms with Gasteiger partial charge in [-0.25, -0.2) is 0 Å². The maximum Gasteiger partial charge on any atom is 0.307 e. The Morgan fingerprint density at radius 2 is 1.63 bits per heavy atom. The number of ether oxygens (including phenoxy) is 2. The zero-order valence-corrected chi connectivity index (χ0v) is 16.9. The fraction of sp³-hybridized carbons (Fsp3) is 0.636. The Labute approximate surface area is 163 Å². The molecule has 0 aromatic heterocycles. The van der Waals surface area contributed by atoms with Crippen molar-refractivity contribution >= 4 is 11.9 Å². The van der Waals surface area contributed by atoms with Crippen LogP contribution in [0.15, 0.2) is 24.3 Å². The van der Waals surface area contributed by atoms with E-state index >= 15 is 0 Å². The van der Waals surface area contributed by atoms with Gasteiger partial charge in [-0.05, 0) is 24.6 Å². The number of carbonyl (C=O) groups is 2. The molecular weight excluding hydrogens is 342 g/mol. The summed E-state index contributed by atoms with van der Waals surface area (Å²) in [5.74, 6) is 0.143. The first-order chi connectivity index (χ1) is 13.2. The SMILES string of the molecule is CCCCCCCCCCCOC(=O)CCNC(=O)c1cccc(OC)c1. The largest absolute Gasteiger partial charge is 0.497 e. The molecular formula is C22H35NO4. The van der Waals surface area contributed by atoms with Gasteiger partial charge in [0.1, 0.15) is 5.75 Å². The van der Waals surface area contributed by atoms with Crippen molar-refractivity contribution in [2.45, 2.75) is 71.1 Å². The Morgan fingerprint density at radius 1 is 0.963 bits per heavy atom. The van der Waals surface area contributed by atoms with Crippen molar-refractivity contribution in [1.29, 1.82) is 0 Å². The molecule has 0 bridgehead atoms. The lowest BCUT2D eigenvalue weighted by Crippen LogP contribution is -2.26. The minimum absolute atomic E-state index is 0.188. The van der Waals surface area contributed by atoms with E-state index in [2.05, 4.69) is 12.2 Å². The number of esters is 1. The topological polar surface area (TPSA) is 64.6 Å². The van der Waals surface area contributed by atoms with Crippen molar-refractivity contribution in [3.05, 3.63) is 29.8 Å². The molecule has 27 heavy (non-hydrogen) atoms. The van der Waals surface area contributed by atoms with Crippen LogP contribution in [0.3, 0.4) is 0 Å². The molecule has 0 aliphatic heterocycles. The standard InChI is InChI=1S/C22H35NO4/c1-3-4-5-6-7-8-9-10-11-17-27-21(24)15-16-23-22(25)19-13-12-14-20(18-19)26-2/h12-14,18H,3-11,15-17H2,1-2H3,(H,23,25). The molecule has 1 rings (SSSR count). The molecule has 0 heterocycles. The molecule has 0 radical (unpaired) electrons. The fourth-order valence-electron chi connectivity index (χ4n) is 2.82. The summed E-state index contributed by atoms with van der Waals surface area (Å²) in [7, 11) is 1.56. The summed E-state index contributed by atoms with van der Waals surface area (Å²) in [5, 5.41) is 2.73. The summed E-state index contributed by atoms with van der Waals surface area (Å²) in [4.78, 5) is 23.7. The Kier molecular flexibility index (Phi) is 12.8. The summed E-state index contributed by atoms with van der Waals surface area (Å²) in [6, 6.07) is 6.91. The predicted molar refractivity (Wildman–Crippen MR) is 108 cm³/mol. The third kappa shape index (κ3) is 11.3. The van der Waals surface area contributed by atoms with Crippen LogP contribution >= 0.6 is 0 Å². The van der Waals surface area contributed by atoms with Crippen molar-refractivity contribution in [3.8, 4) is 5.75 Å². The van der Waals surface area contributed by atoms with Crippen molar-refractivity contribution in [2.24, 2.45) is 0 Å². The van der Waals surface area contributed by atoms with Gasteiger partial charge in [-0.3, -0.25) is 9.59 Å². The number of rotatable bonds is 15. The van der Waals surface area contributed by atoms with Crippen molar-refractivity contribution in [3.63, 3.8) is 0 Å². The molecule has 0 aliphatic rings. The maximum absolute atomic E-state index is 12.0. The molecule has 0 spiro atoms. The van der Waals surface area contributed by atoms with Crippen LogP contribution in [-0.2, 0) is 9.53 Å². The van der Waals surface area contributed by atoms with Gasteiger partial charge in [0.25, 0.3) is 5.91 Å². The fourth-order valence-corrected chi connectivity index (χ4v) is 2.82.